The van der Waals surface area contributed by atoms with Crippen molar-refractivity contribution in [2.75, 3.05) is 25.5 Å². The molecule has 1 atom stereocenters. The van der Waals surface area contributed by atoms with Crippen LogP contribution in [0, 0.1) is 0 Å². The highest BCUT2D eigenvalue weighted by atomic mass is 32.1. The van der Waals surface area contributed by atoms with Gasteiger partial charge in [0.15, 0.2) is 0 Å². The fourth-order valence-electron chi connectivity index (χ4n) is 2.04. The molecule has 1 aromatic rings. The largest absolute Gasteiger partial charge is 0.473 e. The number of rotatable bonds is 6. The molecule has 1 aromatic heterocycles. The molecule has 21 heavy (non-hydrogen) atoms. The summed E-state index contributed by atoms with van der Waals surface area (Å²) in [4.78, 5) is 20.1. The third kappa shape index (κ3) is 4.42. The number of nitrogens with zero attached hydrogens (tertiary/aromatic N) is 2. The van der Waals surface area contributed by atoms with Gasteiger partial charge >= 0.3 is 0 Å². The second-order valence-electron chi connectivity index (χ2n) is 4.70. The van der Waals surface area contributed by atoms with E-state index in [1.807, 2.05) is 0 Å². The van der Waals surface area contributed by atoms with Crippen LogP contribution < -0.4 is 20.7 Å². The first kappa shape index (κ1) is 15.7. The third-order valence-electron chi connectivity index (χ3n) is 3.23. The molecule has 0 spiro atoms. The highest BCUT2D eigenvalue weighted by molar-refractivity contribution is 7.79. The molecule has 3 N–H and O–H groups in total. The zero-order chi connectivity index (χ0) is 15.1. The molecule has 0 aliphatic carbocycles. The van der Waals surface area contributed by atoms with Crippen LogP contribution in [0.1, 0.15) is 12.8 Å². The van der Waals surface area contributed by atoms with Crippen LogP contribution in [-0.2, 0) is 4.79 Å². The van der Waals surface area contributed by atoms with Gasteiger partial charge in [-0.25, -0.2) is 4.98 Å². The molecule has 0 bridgehead atoms. The van der Waals surface area contributed by atoms with E-state index in [0.717, 1.165) is 25.9 Å². The molecule has 1 fully saturated rings. The van der Waals surface area contributed by atoms with Crippen molar-refractivity contribution in [1.29, 1.82) is 0 Å². The molecular formula is C13H19N5O2S. The highest BCUT2D eigenvalue weighted by Gasteiger charge is 2.20. The van der Waals surface area contributed by atoms with Crippen molar-refractivity contribution in [3.8, 4) is 5.88 Å². The number of ether oxygens (including phenoxy) is 1. The maximum Gasteiger partial charge on any atom is 0.246 e. The second-order valence-corrected chi connectivity index (χ2v) is 4.97. The maximum absolute atomic E-state index is 12.0. The van der Waals surface area contributed by atoms with Crippen LogP contribution in [-0.4, -0.2) is 53.5 Å². The normalized spacial score (nSPS) is 17.0. The van der Waals surface area contributed by atoms with Crippen LogP contribution in [0.5, 0.6) is 5.88 Å². The monoisotopic (exact) mass is 309 g/mol. The van der Waals surface area contributed by atoms with Crippen molar-refractivity contribution in [2.24, 2.45) is 0 Å². The predicted molar refractivity (Wildman–Crippen MR) is 83.7 cm³/mol. The van der Waals surface area contributed by atoms with Crippen molar-refractivity contribution >= 4 is 29.2 Å². The number of piperidine rings is 1. The van der Waals surface area contributed by atoms with Crippen LogP contribution in [0.15, 0.2) is 12.5 Å². The molecule has 0 saturated carbocycles. The lowest BCUT2D eigenvalue weighted by molar-refractivity contribution is -0.116. The lowest BCUT2D eigenvalue weighted by Gasteiger charge is -2.24. The quantitative estimate of drug-likeness (QED) is 0.644. The first-order valence-electron chi connectivity index (χ1n) is 6.85. The molecule has 8 heteroatoms. The summed E-state index contributed by atoms with van der Waals surface area (Å²) in [5.41, 5.74) is 0.457. The Labute approximate surface area is 128 Å². The van der Waals surface area contributed by atoms with Gasteiger partial charge in [-0.1, -0.05) is 12.2 Å². The second kappa shape index (κ2) is 7.96. The number of anilines is 1. The number of hydrogen-bond acceptors (Lipinski definition) is 7. The predicted octanol–water partition coefficient (Wildman–Crippen LogP) is 0.134. The average molecular weight is 309 g/mol. The number of hydrogen-bond donors (Lipinski definition) is 3. The minimum atomic E-state index is -0.549. The van der Waals surface area contributed by atoms with Gasteiger partial charge < -0.3 is 20.7 Å². The van der Waals surface area contributed by atoms with Gasteiger partial charge in [-0.2, -0.15) is 4.98 Å². The molecule has 0 aromatic carbocycles. The molecule has 0 radical (unpaired) electrons. The molecule has 7 nitrogen and oxygen atoms in total. The van der Waals surface area contributed by atoms with E-state index in [2.05, 4.69) is 25.9 Å². The summed E-state index contributed by atoms with van der Waals surface area (Å²) >= 11 is 4.81. The Hall–Kier alpha value is -1.64. The number of thiocarbonyl (C=S) groups is 1. The van der Waals surface area contributed by atoms with Gasteiger partial charge in [0.05, 0.1) is 6.20 Å². The van der Waals surface area contributed by atoms with Crippen molar-refractivity contribution in [1.82, 2.24) is 20.6 Å². The van der Waals surface area contributed by atoms with E-state index in [9.17, 15) is 4.79 Å². The number of carbonyl (C=O) groups is 1. The molecular weight excluding hydrogens is 290 g/mol. The van der Waals surface area contributed by atoms with Crippen molar-refractivity contribution in [3.05, 3.63) is 12.5 Å². The van der Waals surface area contributed by atoms with E-state index in [0.29, 0.717) is 11.6 Å². The van der Waals surface area contributed by atoms with Crippen LogP contribution in [0.3, 0.4) is 0 Å². The van der Waals surface area contributed by atoms with Gasteiger partial charge in [0, 0.05) is 5.37 Å². The molecule has 1 aliphatic heterocycles. The van der Waals surface area contributed by atoms with Crippen LogP contribution in [0.4, 0.5) is 5.69 Å². The molecule has 114 valence electrons. The molecule has 1 unspecified atom stereocenters. The van der Waals surface area contributed by atoms with Crippen molar-refractivity contribution in [3.63, 3.8) is 0 Å². The molecule has 2 heterocycles. The number of likely N-dealkylation sites (N-methyl/N-ethyl adjacent to an activating group) is 1. The smallest absolute Gasteiger partial charge is 0.246 e. The number of carbonyl (C=O) groups excluding carboxylic acids is 1. The Morgan fingerprint density at radius 2 is 2.33 bits per heavy atom. The van der Waals surface area contributed by atoms with E-state index < -0.39 is 6.04 Å². The SMILES string of the molecule is CNC(C=S)C(=O)Nc1cncnc1OC1CCNCC1. The number of aromatic nitrogens is 2. The minimum absolute atomic E-state index is 0.0995. The van der Waals surface area contributed by atoms with E-state index >= 15 is 0 Å². The zero-order valence-corrected chi connectivity index (χ0v) is 12.7. The van der Waals surface area contributed by atoms with Gasteiger partial charge in [-0.15, -0.1) is 0 Å². The molecule has 2 rings (SSSR count). The summed E-state index contributed by atoms with van der Waals surface area (Å²) in [5, 5.41) is 10.2. The fourth-order valence-corrected chi connectivity index (χ4v) is 2.30. The van der Waals surface area contributed by atoms with Crippen LogP contribution in [0.2, 0.25) is 0 Å². The topological polar surface area (TPSA) is 88.2 Å². The zero-order valence-electron chi connectivity index (χ0n) is 11.8. The number of amides is 1. The Bertz CT molecular complexity index is 493. The first-order chi connectivity index (χ1) is 10.2. The summed E-state index contributed by atoms with van der Waals surface area (Å²) in [7, 11) is 1.67. The number of nitrogens with one attached hydrogen (secondary N) is 3. The van der Waals surface area contributed by atoms with Crippen LogP contribution in [0.25, 0.3) is 0 Å². The van der Waals surface area contributed by atoms with Crippen molar-refractivity contribution in [2.45, 2.75) is 25.0 Å². The summed E-state index contributed by atoms with van der Waals surface area (Å²) in [6.45, 7) is 1.84. The van der Waals surface area contributed by atoms with Gasteiger partial charge in [0.2, 0.25) is 11.8 Å². The lowest BCUT2D eigenvalue weighted by Crippen LogP contribution is -2.39. The van der Waals surface area contributed by atoms with Gasteiger partial charge in [-0.05, 0) is 33.0 Å². The molecule has 1 aliphatic rings. The highest BCUT2D eigenvalue weighted by Crippen LogP contribution is 2.22. The summed E-state index contributed by atoms with van der Waals surface area (Å²) in [6.07, 6.45) is 4.85. The first-order valence-corrected chi connectivity index (χ1v) is 7.32. The lowest BCUT2D eigenvalue weighted by atomic mass is 10.1. The molecule has 1 saturated heterocycles. The van der Waals surface area contributed by atoms with Gasteiger partial charge in [0.25, 0.3) is 0 Å². The summed E-state index contributed by atoms with van der Waals surface area (Å²) < 4.78 is 5.87. The maximum atomic E-state index is 12.0. The third-order valence-corrected chi connectivity index (χ3v) is 3.50. The average Bonchev–Trinajstić information content (AvgIpc) is 2.51. The Kier molecular flexibility index (Phi) is 5.97. The van der Waals surface area contributed by atoms with Crippen LogP contribution >= 0.6 is 12.2 Å². The Morgan fingerprint density at radius 1 is 1.57 bits per heavy atom. The summed E-state index contributed by atoms with van der Waals surface area (Å²) in [5.74, 6) is 0.127. The van der Waals surface area contributed by atoms with Gasteiger partial charge in [-0.3, -0.25) is 4.79 Å². The minimum Gasteiger partial charge on any atom is -0.473 e. The van der Waals surface area contributed by atoms with E-state index in [-0.39, 0.29) is 12.0 Å². The Morgan fingerprint density at radius 3 is 3.00 bits per heavy atom. The van der Waals surface area contributed by atoms with Gasteiger partial charge in [0.1, 0.15) is 24.2 Å². The van der Waals surface area contributed by atoms with Crippen molar-refractivity contribution < 1.29 is 9.53 Å². The molecule has 1 amide bonds. The Balaban J connectivity index is 2.05. The standard InChI is InChI=1S/C13H19N5O2S/c1-14-11(7-21)12(19)18-10-6-16-8-17-13(10)20-9-2-4-15-5-3-9/h6-9,11,14-15H,2-5H2,1H3,(H,18,19). The van der Waals surface area contributed by atoms with E-state index in [1.165, 1.54) is 17.9 Å². The summed E-state index contributed by atoms with van der Waals surface area (Å²) in [6, 6.07) is -0.549. The van der Waals surface area contributed by atoms with E-state index in [1.54, 1.807) is 7.05 Å². The fraction of sp³-hybridized carbons (Fsp3) is 0.538. The van der Waals surface area contributed by atoms with E-state index in [4.69, 9.17) is 17.0 Å².